The predicted molar refractivity (Wildman–Crippen MR) is 47.1 cm³/mol. The van der Waals surface area contributed by atoms with Crippen LogP contribution in [0.1, 0.15) is 39.0 Å². The second-order valence-electron chi connectivity index (χ2n) is 3.87. The van der Waals surface area contributed by atoms with Gasteiger partial charge in [0.25, 0.3) is 0 Å². The summed E-state index contributed by atoms with van der Waals surface area (Å²) in [5.74, 6) is -0.762. The van der Waals surface area contributed by atoms with Crippen molar-refractivity contribution in [3.63, 3.8) is 0 Å². The van der Waals surface area contributed by atoms with Gasteiger partial charge < -0.3 is 10.4 Å². The number of aliphatic carboxylic acids is 1. The maximum Gasteiger partial charge on any atom is 0.317 e. The Morgan fingerprint density at radius 2 is 2.00 bits per heavy atom. The summed E-state index contributed by atoms with van der Waals surface area (Å²) in [6.07, 6.45) is 5.97. The van der Waals surface area contributed by atoms with Gasteiger partial charge in [-0.15, -0.1) is 0 Å². The van der Waals surface area contributed by atoms with Gasteiger partial charge in [0.05, 0.1) is 6.54 Å². The van der Waals surface area contributed by atoms with Crippen LogP contribution in [0.25, 0.3) is 0 Å². The van der Waals surface area contributed by atoms with E-state index in [0.717, 1.165) is 12.8 Å². The van der Waals surface area contributed by atoms with E-state index in [1.807, 2.05) is 0 Å². The third-order valence-electron chi connectivity index (χ3n) is 2.62. The summed E-state index contributed by atoms with van der Waals surface area (Å²) in [6, 6.07) is 0. The van der Waals surface area contributed by atoms with Crippen molar-refractivity contribution in [2.75, 3.05) is 6.54 Å². The van der Waals surface area contributed by atoms with Gasteiger partial charge in [0.1, 0.15) is 0 Å². The van der Waals surface area contributed by atoms with Crippen LogP contribution in [0.2, 0.25) is 0 Å². The van der Waals surface area contributed by atoms with Crippen molar-refractivity contribution >= 4 is 5.97 Å². The van der Waals surface area contributed by atoms with E-state index in [0.29, 0.717) is 0 Å². The molecule has 1 aliphatic rings. The van der Waals surface area contributed by atoms with Crippen molar-refractivity contribution in [2.45, 2.75) is 44.6 Å². The van der Waals surface area contributed by atoms with Gasteiger partial charge in [0, 0.05) is 5.54 Å². The fraction of sp³-hybridized carbons (Fsp3) is 0.889. The van der Waals surface area contributed by atoms with E-state index in [9.17, 15) is 4.79 Å². The highest BCUT2D eigenvalue weighted by Crippen LogP contribution is 2.27. The molecular weight excluding hydrogens is 154 g/mol. The lowest BCUT2D eigenvalue weighted by molar-refractivity contribution is -0.136. The summed E-state index contributed by atoms with van der Waals surface area (Å²) < 4.78 is 0. The molecule has 0 aromatic heterocycles. The maximum absolute atomic E-state index is 10.3. The number of rotatable bonds is 3. The van der Waals surface area contributed by atoms with Crippen LogP contribution >= 0.6 is 0 Å². The lowest BCUT2D eigenvalue weighted by atomic mass is 9.83. The molecule has 70 valence electrons. The Balaban J connectivity index is 2.31. The predicted octanol–water partition coefficient (Wildman–Crippen LogP) is 1.38. The number of hydrogen-bond donors (Lipinski definition) is 2. The zero-order chi connectivity index (χ0) is 9.03. The molecule has 0 amide bonds. The Labute approximate surface area is 73.2 Å². The molecule has 2 N–H and O–H groups in total. The summed E-state index contributed by atoms with van der Waals surface area (Å²) >= 11 is 0. The van der Waals surface area contributed by atoms with Crippen molar-refractivity contribution in [1.82, 2.24) is 5.32 Å². The van der Waals surface area contributed by atoms with E-state index in [4.69, 9.17) is 5.11 Å². The molecule has 0 aliphatic heterocycles. The van der Waals surface area contributed by atoms with E-state index < -0.39 is 5.97 Å². The number of carbonyl (C=O) groups is 1. The second-order valence-corrected chi connectivity index (χ2v) is 3.87. The van der Waals surface area contributed by atoms with Crippen LogP contribution < -0.4 is 5.32 Å². The van der Waals surface area contributed by atoms with Crippen LogP contribution in [0.5, 0.6) is 0 Å². The minimum absolute atomic E-state index is 0.0800. The first-order valence-corrected chi connectivity index (χ1v) is 4.59. The van der Waals surface area contributed by atoms with Crippen LogP contribution in [-0.4, -0.2) is 23.2 Å². The Hall–Kier alpha value is -0.570. The molecule has 12 heavy (non-hydrogen) atoms. The van der Waals surface area contributed by atoms with Gasteiger partial charge in [-0.25, -0.2) is 0 Å². The number of nitrogens with one attached hydrogen (secondary N) is 1. The van der Waals surface area contributed by atoms with Gasteiger partial charge in [0.2, 0.25) is 0 Å². The van der Waals surface area contributed by atoms with Crippen molar-refractivity contribution < 1.29 is 9.90 Å². The lowest BCUT2D eigenvalue weighted by Crippen LogP contribution is -2.46. The quantitative estimate of drug-likeness (QED) is 0.674. The first-order chi connectivity index (χ1) is 5.62. The van der Waals surface area contributed by atoms with Gasteiger partial charge in [-0.3, -0.25) is 4.79 Å². The van der Waals surface area contributed by atoms with Gasteiger partial charge in [-0.2, -0.15) is 0 Å². The normalized spacial score (nSPS) is 22.1. The lowest BCUT2D eigenvalue weighted by Gasteiger charge is -2.34. The van der Waals surface area contributed by atoms with Gasteiger partial charge >= 0.3 is 5.97 Å². The highest BCUT2D eigenvalue weighted by atomic mass is 16.4. The summed E-state index contributed by atoms with van der Waals surface area (Å²) in [4.78, 5) is 10.3. The molecule has 0 spiro atoms. The fourth-order valence-electron chi connectivity index (χ4n) is 1.80. The molecular formula is C9H17NO2. The molecule has 0 saturated heterocycles. The zero-order valence-electron chi connectivity index (χ0n) is 7.60. The molecule has 0 aromatic rings. The molecule has 0 heterocycles. The number of carboxylic acids is 1. The topological polar surface area (TPSA) is 49.3 Å². The van der Waals surface area contributed by atoms with E-state index in [2.05, 4.69) is 12.2 Å². The first kappa shape index (κ1) is 9.52. The van der Waals surface area contributed by atoms with Gasteiger partial charge in [-0.1, -0.05) is 19.3 Å². The highest BCUT2D eigenvalue weighted by Gasteiger charge is 2.26. The Morgan fingerprint density at radius 3 is 2.50 bits per heavy atom. The molecule has 3 heteroatoms. The Kier molecular flexibility index (Phi) is 3.09. The third kappa shape index (κ3) is 2.81. The van der Waals surface area contributed by atoms with E-state index in [-0.39, 0.29) is 12.1 Å². The average molecular weight is 171 g/mol. The van der Waals surface area contributed by atoms with Crippen LogP contribution in [0, 0.1) is 0 Å². The highest BCUT2D eigenvalue weighted by molar-refractivity contribution is 5.69. The SMILES string of the molecule is CC1(NCC(=O)O)CCCCC1. The van der Waals surface area contributed by atoms with Crippen LogP contribution in [0.15, 0.2) is 0 Å². The second kappa shape index (κ2) is 3.90. The molecule has 1 fully saturated rings. The summed E-state index contributed by atoms with van der Waals surface area (Å²) in [6.45, 7) is 2.21. The molecule has 1 saturated carbocycles. The van der Waals surface area contributed by atoms with Crippen molar-refractivity contribution in [2.24, 2.45) is 0 Å². The third-order valence-corrected chi connectivity index (χ3v) is 2.62. The minimum Gasteiger partial charge on any atom is -0.480 e. The monoisotopic (exact) mass is 171 g/mol. The summed E-state index contributed by atoms with van der Waals surface area (Å²) in [7, 11) is 0. The number of hydrogen-bond acceptors (Lipinski definition) is 2. The molecule has 1 aliphatic carbocycles. The molecule has 0 aromatic carbocycles. The average Bonchev–Trinajstić information content (AvgIpc) is 2.03. The molecule has 0 unspecified atom stereocenters. The Morgan fingerprint density at radius 1 is 1.42 bits per heavy atom. The largest absolute Gasteiger partial charge is 0.480 e. The number of carboxylic acid groups (broad SMARTS) is 1. The van der Waals surface area contributed by atoms with E-state index >= 15 is 0 Å². The summed E-state index contributed by atoms with van der Waals surface area (Å²) in [5, 5.41) is 11.6. The molecule has 1 rings (SSSR count). The summed E-state index contributed by atoms with van der Waals surface area (Å²) in [5.41, 5.74) is 0.0800. The Bertz CT molecular complexity index is 162. The standard InChI is InChI=1S/C9H17NO2/c1-9(10-7-8(11)12)5-3-2-4-6-9/h10H,2-7H2,1H3,(H,11,12). The molecule has 3 nitrogen and oxygen atoms in total. The molecule has 0 atom stereocenters. The van der Waals surface area contributed by atoms with Crippen molar-refractivity contribution in [1.29, 1.82) is 0 Å². The van der Waals surface area contributed by atoms with Gasteiger partial charge in [0.15, 0.2) is 0 Å². The zero-order valence-corrected chi connectivity index (χ0v) is 7.60. The smallest absolute Gasteiger partial charge is 0.317 e. The van der Waals surface area contributed by atoms with Crippen LogP contribution in [0.3, 0.4) is 0 Å². The first-order valence-electron chi connectivity index (χ1n) is 4.59. The van der Waals surface area contributed by atoms with Crippen LogP contribution in [0.4, 0.5) is 0 Å². The van der Waals surface area contributed by atoms with E-state index in [1.54, 1.807) is 0 Å². The van der Waals surface area contributed by atoms with Crippen molar-refractivity contribution in [3.05, 3.63) is 0 Å². The van der Waals surface area contributed by atoms with Crippen molar-refractivity contribution in [3.8, 4) is 0 Å². The van der Waals surface area contributed by atoms with E-state index in [1.165, 1.54) is 19.3 Å². The van der Waals surface area contributed by atoms with Crippen LogP contribution in [-0.2, 0) is 4.79 Å². The van der Waals surface area contributed by atoms with Gasteiger partial charge in [-0.05, 0) is 19.8 Å². The molecule has 0 bridgehead atoms. The minimum atomic E-state index is -0.762. The maximum atomic E-state index is 10.3. The fourth-order valence-corrected chi connectivity index (χ4v) is 1.80. The molecule has 0 radical (unpaired) electrons.